The summed E-state index contributed by atoms with van der Waals surface area (Å²) in [5, 5.41) is 5.03. The summed E-state index contributed by atoms with van der Waals surface area (Å²) in [6.45, 7) is 7.79. The number of sulfonamides is 1. The molecule has 0 saturated heterocycles. The van der Waals surface area contributed by atoms with Crippen LogP contribution in [0.5, 0.6) is 0 Å². The quantitative estimate of drug-likeness (QED) is 0.451. The Kier molecular flexibility index (Phi) is 9.70. The summed E-state index contributed by atoms with van der Waals surface area (Å²) in [6.07, 6.45) is 5.49. The highest BCUT2D eigenvalue weighted by Gasteiger charge is 2.11. The molecular weight excluding hydrogens is 340 g/mol. The fourth-order valence-corrected chi connectivity index (χ4v) is 2.93. The van der Waals surface area contributed by atoms with E-state index in [4.69, 9.17) is 9.88 Å². The normalized spacial score (nSPS) is 11.7. The predicted octanol–water partition coefficient (Wildman–Crippen LogP) is 2.78. The number of hydrogen-bond donors (Lipinski definition) is 1. The SMILES string of the molecule is CCCCN(CCCC)CCCOC(=O)c1ccc(S(N)(=O)=O)cc1. The molecule has 0 radical (unpaired) electrons. The molecule has 6 nitrogen and oxygen atoms in total. The van der Waals surface area contributed by atoms with Crippen molar-refractivity contribution in [3.63, 3.8) is 0 Å². The summed E-state index contributed by atoms with van der Waals surface area (Å²) in [7, 11) is -3.75. The van der Waals surface area contributed by atoms with Crippen LogP contribution in [0.15, 0.2) is 29.2 Å². The number of carbonyl (C=O) groups is 1. The van der Waals surface area contributed by atoms with Crippen LogP contribution in [0.1, 0.15) is 56.3 Å². The Labute approximate surface area is 151 Å². The van der Waals surface area contributed by atoms with Gasteiger partial charge in [-0.05, 0) is 56.6 Å². The van der Waals surface area contributed by atoms with E-state index >= 15 is 0 Å². The molecule has 0 saturated carbocycles. The molecule has 0 atom stereocenters. The van der Waals surface area contributed by atoms with Gasteiger partial charge in [-0.3, -0.25) is 0 Å². The highest BCUT2D eigenvalue weighted by Crippen LogP contribution is 2.10. The molecule has 0 aliphatic carbocycles. The first-order valence-electron chi connectivity index (χ1n) is 8.90. The third-order valence-electron chi connectivity index (χ3n) is 3.93. The van der Waals surface area contributed by atoms with Crippen LogP contribution in [0.4, 0.5) is 0 Å². The van der Waals surface area contributed by atoms with E-state index in [1.807, 2.05) is 0 Å². The van der Waals surface area contributed by atoms with Crippen LogP contribution in [0, 0.1) is 0 Å². The van der Waals surface area contributed by atoms with Crippen LogP contribution in [0.25, 0.3) is 0 Å². The Hall–Kier alpha value is -1.44. The zero-order valence-corrected chi connectivity index (χ0v) is 16.1. The van der Waals surface area contributed by atoms with Gasteiger partial charge >= 0.3 is 5.97 Å². The smallest absolute Gasteiger partial charge is 0.338 e. The zero-order chi connectivity index (χ0) is 18.7. The van der Waals surface area contributed by atoms with Crippen LogP contribution >= 0.6 is 0 Å². The molecule has 0 aliphatic rings. The van der Waals surface area contributed by atoms with Crippen molar-refractivity contribution in [3.8, 4) is 0 Å². The van der Waals surface area contributed by atoms with E-state index in [0.717, 1.165) is 26.1 Å². The average molecular weight is 371 g/mol. The Balaban J connectivity index is 2.40. The number of esters is 1. The second-order valence-electron chi connectivity index (χ2n) is 6.11. The molecule has 7 heteroatoms. The minimum Gasteiger partial charge on any atom is -0.462 e. The molecule has 1 aromatic carbocycles. The van der Waals surface area contributed by atoms with E-state index in [9.17, 15) is 13.2 Å². The van der Waals surface area contributed by atoms with Gasteiger partial charge in [-0.15, -0.1) is 0 Å². The minimum absolute atomic E-state index is 0.0217. The van der Waals surface area contributed by atoms with Crippen LogP contribution < -0.4 is 5.14 Å². The molecule has 0 fully saturated rings. The predicted molar refractivity (Wildman–Crippen MR) is 99.0 cm³/mol. The van der Waals surface area contributed by atoms with Crippen LogP contribution in [0.2, 0.25) is 0 Å². The molecule has 0 amide bonds. The van der Waals surface area contributed by atoms with Crippen molar-refractivity contribution in [2.45, 2.75) is 50.8 Å². The summed E-state index contributed by atoms with van der Waals surface area (Å²) in [6, 6.07) is 5.44. The highest BCUT2D eigenvalue weighted by atomic mass is 32.2. The van der Waals surface area contributed by atoms with Crippen molar-refractivity contribution >= 4 is 16.0 Å². The largest absolute Gasteiger partial charge is 0.462 e. The first-order chi connectivity index (χ1) is 11.9. The van der Waals surface area contributed by atoms with E-state index in [0.29, 0.717) is 12.2 Å². The second kappa shape index (κ2) is 11.2. The minimum atomic E-state index is -3.75. The fourth-order valence-electron chi connectivity index (χ4n) is 2.42. The van der Waals surface area contributed by atoms with E-state index in [1.165, 1.54) is 49.9 Å². The lowest BCUT2D eigenvalue weighted by atomic mass is 10.2. The number of rotatable bonds is 12. The average Bonchev–Trinajstić information content (AvgIpc) is 2.59. The summed E-state index contributed by atoms with van der Waals surface area (Å²) < 4.78 is 27.7. The first-order valence-corrected chi connectivity index (χ1v) is 10.5. The van der Waals surface area contributed by atoms with Crippen molar-refractivity contribution in [3.05, 3.63) is 29.8 Å². The molecule has 1 aromatic rings. The highest BCUT2D eigenvalue weighted by molar-refractivity contribution is 7.89. The van der Waals surface area contributed by atoms with Gasteiger partial charge in [0.2, 0.25) is 10.0 Å². The number of nitrogens with zero attached hydrogens (tertiary/aromatic N) is 1. The Morgan fingerprint density at radius 1 is 1.00 bits per heavy atom. The van der Waals surface area contributed by atoms with Gasteiger partial charge in [0, 0.05) is 6.54 Å². The Bertz CT molecular complexity index is 606. The number of carbonyl (C=O) groups excluding carboxylic acids is 1. The molecule has 25 heavy (non-hydrogen) atoms. The first kappa shape index (κ1) is 21.6. The van der Waals surface area contributed by atoms with Gasteiger partial charge in [0.25, 0.3) is 0 Å². The van der Waals surface area contributed by atoms with E-state index in [-0.39, 0.29) is 4.90 Å². The van der Waals surface area contributed by atoms with Gasteiger partial charge in [0.05, 0.1) is 17.1 Å². The van der Waals surface area contributed by atoms with Crippen LogP contribution in [-0.4, -0.2) is 45.5 Å². The second-order valence-corrected chi connectivity index (χ2v) is 7.67. The number of benzene rings is 1. The molecule has 1 rings (SSSR count). The van der Waals surface area contributed by atoms with E-state index in [2.05, 4.69) is 18.7 Å². The van der Waals surface area contributed by atoms with Crippen molar-refractivity contribution in [2.75, 3.05) is 26.2 Å². The van der Waals surface area contributed by atoms with Crippen LogP contribution in [-0.2, 0) is 14.8 Å². The van der Waals surface area contributed by atoms with Crippen molar-refractivity contribution in [2.24, 2.45) is 5.14 Å². The number of primary sulfonamides is 1. The zero-order valence-electron chi connectivity index (χ0n) is 15.2. The van der Waals surface area contributed by atoms with E-state index < -0.39 is 16.0 Å². The van der Waals surface area contributed by atoms with Gasteiger partial charge in [0.1, 0.15) is 0 Å². The van der Waals surface area contributed by atoms with Crippen molar-refractivity contribution < 1.29 is 17.9 Å². The molecule has 0 aliphatic heterocycles. The number of nitrogens with two attached hydrogens (primary N) is 1. The molecule has 2 N–H and O–H groups in total. The Morgan fingerprint density at radius 3 is 2.00 bits per heavy atom. The van der Waals surface area contributed by atoms with Crippen molar-refractivity contribution in [1.82, 2.24) is 4.90 Å². The maximum absolute atomic E-state index is 12.0. The lowest BCUT2D eigenvalue weighted by Gasteiger charge is -2.21. The monoisotopic (exact) mass is 370 g/mol. The third kappa shape index (κ3) is 8.47. The Morgan fingerprint density at radius 2 is 1.52 bits per heavy atom. The van der Waals surface area contributed by atoms with Gasteiger partial charge in [-0.1, -0.05) is 26.7 Å². The number of hydrogen-bond acceptors (Lipinski definition) is 5. The summed E-state index contributed by atoms with van der Waals surface area (Å²) in [5.74, 6) is -0.449. The maximum Gasteiger partial charge on any atom is 0.338 e. The number of unbranched alkanes of at least 4 members (excludes halogenated alkanes) is 2. The number of ether oxygens (including phenoxy) is 1. The third-order valence-corrected chi connectivity index (χ3v) is 4.86. The molecule has 0 heterocycles. The lowest BCUT2D eigenvalue weighted by molar-refractivity contribution is 0.0487. The molecule has 0 bridgehead atoms. The van der Waals surface area contributed by atoms with Gasteiger partial charge < -0.3 is 9.64 Å². The molecule has 0 spiro atoms. The molecule has 0 aromatic heterocycles. The summed E-state index contributed by atoms with van der Waals surface area (Å²) >= 11 is 0. The molecule has 0 unspecified atom stereocenters. The summed E-state index contributed by atoms with van der Waals surface area (Å²) in [4.78, 5) is 14.4. The fraction of sp³-hybridized carbons (Fsp3) is 0.611. The lowest BCUT2D eigenvalue weighted by Crippen LogP contribution is -2.28. The maximum atomic E-state index is 12.0. The van der Waals surface area contributed by atoms with E-state index in [1.54, 1.807) is 0 Å². The molecular formula is C18H30N2O4S. The summed E-state index contributed by atoms with van der Waals surface area (Å²) in [5.41, 5.74) is 0.321. The van der Waals surface area contributed by atoms with Gasteiger partial charge in [-0.2, -0.15) is 0 Å². The van der Waals surface area contributed by atoms with Gasteiger partial charge in [0.15, 0.2) is 0 Å². The topological polar surface area (TPSA) is 89.7 Å². The van der Waals surface area contributed by atoms with Gasteiger partial charge in [-0.25, -0.2) is 18.4 Å². The molecule has 142 valence electrons. The van der Waals surface area contributed by atoms with Crippen LogP contribution in [0.3, 0.4) is 0 Å². The standard InChI is InChI=1S/C18H30N2O4S/c1-3-5-12-20(13-6-4-2)14-7-15-24-18(21)16-8-10-17(11-9-16)25(19,22)23/h8-11H,3-7,12-15H2,1-2H3,(H2,19,22,23). The van der Waals surface area contributed by atoms with Crippen molar-refractivity contribution in [1.29, 1.82) is 0 Å².